The van der Waals surface area contributed by atoms with Crippen molar-refractivity contribution < 1.29 is 14.3 Å². The zero-order valence-corrected chi connectivity index (χ0v) is 11.1. The van der Waals surface area contributed by atoms with E-state index in [0.717, 1.165) is 0 Å². The maximum atomic E-state index is 11.9. The van der Waals surface area contributed by atoms with E-state index in [0.29, 0.717) is 30.3 Å². The summed E-state index contributed by atoms with van der Waals surface area (Å²) in [6, 6.07) is 10.2. The Balaban J connectivity index is 1.81. The summed E-state index contributed by atoms with van der Waals surface area (Å²) in [5, 5.41) is 0. The van der Waals surface area contributed by atoms with Crippen LogP contribution in [0.25, 0.3) is 5.69 Å². The van der Waals surface area contributed by atoms with Gasteiger partial charge >= 0.3 is 6.09 Å². The molecule has 0 radical (unpaired) electrons. The fourth-order valence-corrected chi connectivity index (χ4v) is 2.67. The number of aromatic nitrogens is 1. The quantitative estimate of drug-likeness (QED) is 0.797. The van der Waals surface area contributed by atoms with Gasteiger partial charge in [0.1, 0.15) is 25.0 Å². The van der Waals surface area contributed by atoms with Gasteiger partial charge in [0.25, 0.3) is 5.56 Å². The molecule has 2 aromatic rings. The highest BCUT2D eigenvalue weighted by molar-refractivity contribution is 5.93. The van der Waals surface area contributed by atoms with Crippen LogP contribution in [0.15, 0.2) is 47.4 Å². The largest absolute Gasteiger partial charge is 0.489 e. The summed E-state index contributed by atoms with van der Waals surface area (Å²) in [6.45, 7) is 0.740. The van der Waals surface area contributed by atoms with Gasteiger partial charge in [0.2, 0.25) is 0 Å². The Kier molecular flexibility index (Phi) is 2.50. The van der Waals surface area contributed by atoms with Gasteiger partial charge in [0.15, 0.2) is 0 Å². The van der Waals surface area contributed by atoms with Crippen molar-refractivity contribution in [3.05, 3.63) is 52.9 Å². The number of pyridine rings is 1. The van der Waals surface area contributed by atoms with Crippen LogP contribution in [0, 0.1) is 0 Å². The molecule has 106 valence electrons. The smallest absolute Gasteiger partial charge is 0.414 e. The molecule has 0 N–H and O–H groups in total. The van der Waals surface area contributed by atoms with Crippen LogP contribution < -0.4 is 15.2 Å². The summed E-state index contributed by atoms with van der Waals surface area (Å²) >= 11 is 0. The first-order chi connectivity index (χ1) is 10.2. The number of carbonyl (C=O) groups is 1. The molecule has 4 rings (SSSR count). The predicted octanol–water partition coefficient (Wildman–Crippen LogP) is 1.56. The lowest BCUT2D eigenvalue weighted by molar-refractivity contribution is 0.176. The van der Waals surface area contributed by atoms with Gasteiger partial charge in [0, 0.05) is 18.3 Å². The van der Waals surface area contributed by atoms with Crippen molar-refractivity contribution in [3.8, 4) is 11.4 Å². The number of nitrogens with zero attached hydrogens (tertiary/aromatic N) is 2. The van der Waals surface area contributed by atoms with E-state index < -0.39 is 0 Å². The van der Waals surface area contributed by atoms with Crippen LogP contribution in [-0.4, -0.2) is 29.9 Å². The van der Waals surface area contributed by atoms with Crippen LogP contribution in [0.1, 0.15) is 0 Å². The van der Waals surface area contributed by atoms with E-state index in [4.69, 9.17) is 9.47 Å². The Labute approximate surface area is 120 Å². The Bertz CT molecular complexity index is 783. The van der Waals surface area contributed by atoms with Crippen molar-refractivity contribution in [2.75, 3.05) is 18.1 Å². The molecule has 1 aromatic heterocycles. The van der Waals surface area contributed by atoms with E-state index in [9.17, 15) is 9.59 Å². The molecule has 0 aliphatic carbocycles. The molecule has 1 fully saturated rings. The van der Waals surface area contributed by atoms with Crippen molar-refractivity contribution in [1.82, 2.24) is 4.57 Å². The highest BCUT2D eigenvalue weighted by Gasteiger charge is 2.39. The van der Waals surface area contributed by atoms with E-state index in [2.05, 4.69) is 0 Å². The van der Waals surface area contributed by atoms with E-state index >= 15 is 0 Å². The summed E-state index contributed by atoms with van der Waals surface area (Å²) in [4.78, 5) is 25.2. The van der Waals surface area contributed by atoms with Crippen molar-refractivity contribution in [2.45, 2.75) is 6.04 Å². The Morgan fingerprint density at radius 1 is 1.05 bits per heavy atom. The van der Waals surface area contributed by atoms with Gasteiger partial charge in [-0.25, -0.2) is 4.79 Å². The lowest BCUT2D eigenvalue weighted by Crippen LogP contribution is -2.41. The summed E-state index contributed by atoms with van der Waals surface area (Å²) in [5.41, 5.74) is 1.26. The molecule has 2 aliphatic heterocycles. The van der Waals surface area contributed by atoms with Crippen LogP contribution >= 0.6 is 0 Å². The van der Waals surface area contributed by atoms with Crippen molar-refractivity contribution in [1.29, 1.82) is 0 Å². The maximum Gasteiger partial charge on any atom is 0.414 e. The zero-order chi connectivity index (χ0) is 14.4. The molecule has 21 heavy (non-hydrogen) atoms. The average Bonchev–Trinajstić information content (AvgIpc) is 2.89. The van der Waals surface area contributed by atoms with Crippen molar-refractivity contribution in [2.24, 2.45) is 0 Å². The minimum atomic E-state index is -0.353. The van der Waals surface area contributed by atoms with Crippen molar-refractivity contribution >= 4 is 11.8 Å². The summed E-state index contributed by atoms with van der Waals surface area (Å²) < 4.78 is 12.3. The number of carbonyl (C=O) groups excluding carboxylic acids is 1. The third-order valence-electron chi connectivity index (χ3n) is 3.70. The average molecular weight is 284 g/mol. The van der Waals surface area contributed by atoms with E-state index in [1.165, 1.54) is 10.6 Å². The number of anilines is 1. The molecule has 1 unspecified atom stereocenters. The fourth-order valence-electron chi connectivity index (χ4n) is 2.67. The third-order valence-corrected chi connectivity index (χ3v) is 3.70. The Hall–Kier alpha value is -2.76. The second-order valence-corrected chi connectivity index (χ2v) is 4.97. The first-order valence-corrected chi connectivity index (χ1v) is 6.65. The zero-order valence-electron chi connectivity index (χ0n) is 11.1. The number of hydrogen-bond donors (Lipinski definition) is 0. The van der Waals surface area contributed by atoms with Gasteiger partial charge in [-0.2, -0.15) is 0 Å². The standard InChI is InChI=1S/C15H12N2O4/c18-14-3-1-2-6-16(14)10-4-5-12-13(7-10)20-8-11-9-21-15(19)17(11)12/h1-7,11H,8-9H2. The molecule has 3 heterocycles. The molecule has 0 bridgehead atoms. The monoisotopic (exact) mass is 284 g/mol. The van der Waals surface area contributed by atoms with Gasteiger partial charge in [0.05, 0.1) is 11.4 Å². The fraction of sp³-hybridized carbons (Fsp3) is 0.200. The van der Waals surface area contributed by atoms with Crippen LogP contribution in [0.4, 0.5) is 10.5 Å². The molecule has 0 spiro atoms. The van der Waals surface area contributed by atoms with Crippen LogP contribution in [0.3, 0.4) is 0 Å². The molecule has 1 atom stereocenters. The second-order valence-electron chi connectivity index (χ2n) is 4.97. The number of ether oxygens (including phenoxy) is 2. The number of rotatable bonds is 1. The summed E-state index contributed by atoms with van der Waals surface area (Å²) in [7, 11) is 0. The predicted molar refractivity (Wildman–Crippen MR) is 75.1 cm³/mol. The molecule has 1 saturated heterocycles. The Morgan fingerprint density at radius 2 is 1.90 bits per heavy atom. The molecule has 2 aliphatic rings. The van der Waals surface area contributed by atoms with Gasteiger partial charge in [-0.3, -0.25) is 14.3 Å². The van der Waals surface area contributed by atoms with Crippen molar-refractivity contribution in [3.63, 3.8) is 0 Å². The van der Waals surface area contributed by atoms with E-state index in [1.807, 2.05) is 0 Å². The van der Waals surface area contributed by atoms with E-state index in [-0.39, 0.29) is 17.7 Å². The second kappa shape index (κ2) is 4.37. The summed E-state index contributed by atoms with van der Waals surface area (Å²) in [5.74, 6) is 0.582. The number of amides is 1. The van der Waals surface area contributed by atoms with Gasteiger partial charge in [-0.1, -0.05) is 6.07 Å². The Morgan fingerprint density at radius 3 is 2.76 bits per heavy atom. The first-order valence-electron chi connectivity index (χ1n) is 6.65. The SMILES string of the molecule is O=C1OCC2COc3cc(-n4ccccc4=O)ccc3N12. The lowest BCUT2D eigenvalue weighted by atomic mass is 10.1. The van der Waals surface area contributed by atoms with Gasteiger partial charge in [-0.05, 0) is 18.2 Å². The summed E-state index contributed by atoms with van der Waals surface area (Å²) in [6.07, 6.45) is 1.34. The number of hydrogen-bond acceptors (Lipinski definition) is 4. The molecule has 6 heteroatoms. The van der Waals surface area contributed by atoms with Crippen LogP contribution in [-0.2, 0) is 4.74 Å². The van der Waals surface area contributed by atoms with Crippen LogP contribution in [0.2, 0.25) is 0 Å². The first kappa shape index (κ1) is 12.0. The third kappa shape index (κ3) is 1.79. The van der Waals surface area contributed by atoms with Gasteiger partial charge in [-0.15, -0.1) is 0 Å². The highest BCUT2D eigenvalue weighted by atomic mass is 16.6. The van der Waals surface area contributed by atoms with E-state index in [1.54, 1.807) is 41.4 Å². The normalized spacial score (nSPS) is 19.5. The molecule has 0 saturated carbocycles. The maximum absolute atomic E-state index is 11.9. The minimum absolute atomic E-state index is 0.0738. The molecular weight excluding hydrogens is 272 g/mol. The minimum Gasteiger partial charge on any atom is -0.489 e. The molecule has 6 nitrogen and oxygen atoms in total. The highest BCUT2D eigenvalue weighted by Crippen LogP contribution is 2.37. The molecule has 1 amide bonds. The van der Waals surface area contributed by atoms with Gasteiger partial charge < -0.3 is 9.47 Å². The topological polar surface area (TPSA) is 60.8 Å². The number of cyclic esters (lactones) is 1. The number of fused-ring (bicyclic) bond motifs is 3. The number of benzene rings is 1. The molecule has 1 aromatic carbocycles. The van der Waals surface area contributed by atoms with Crippen LogP contribution in [0.5, 0.6) is 5.75 Å². The molecular formula is C15H12N2O4. The lowest BCUT2D eigenvalue weighted by Gasteiger charge is -2.29.